The summed E-state index contributed by atoms with van der Waals surface area (Å²) < 4.78 is 28.6. The predicted molar refractivity (Wildman–Crippen MR) is 96.5 cm³/mol. The zero-order chi connectivity index (χ0) is 19.0. The van der Waals surface area contributed by atoms with Crippen molar-refractivity contribution in [3.63, 3.8) is 0 Å². The summed E-state index contributed by atoms with van der Waals surface area (Å²) >= 11 is 0. The zero-order valence-corrected chi connectivity index (χ0v) is 14.2. The first-order chi connectivity index (χ1) is 13.0. The van der Waals surface area contributed by atoms with Gasteiger partial charge in [0, 0.05) is 17.8 Å². The van der Waals surface area contributed by atoms with Gasteiger partial charge in [0.05, 0.1) is 11.4 Å². The van der Waals surface area contributed by atoms with Gasteiger partial charge in [-0.1, -0.05) is 0 Å². The Morgan fingerprint density at radius 3 is 2.74 bits per heavy atom. The highest BCUT2D eigenvalue weighted by molar-refractivity contribution is 6.08. The Hall–Kier alpha value is -3.16. The number of nitrogens with one attached hydrogen (secondary N) is 2. The van der Waals surface area contributed by atoms with E-state index in [-0.39, 0.29) is 23.6 Å². The van der Waals surface area contributed by atoms with Crippen LogP contribution in [0, 0.1) is 0 Å². The van der Waals surface area contributed by atoms with Gasteiger partial charge >= 0.3 is 6.61 Å². The summed E-state index contributed by atoms with van der Waals surface area (Å²) in [4.78, 5) is 26.8. The van der Waals surface area contributed by atoms with Crippen molar-refractivity contribution in [3.8, 4) is 5.75 Å². The van der Waals surface area contributed by atoms with E-state index in [1.807, 2.05) is 6.07 Å². The SMILES string of the molecule is O=C(Nc1ccc(OC(F)F)cc1)c1ccc2c(c1)NC(=O)[C@H]1CCCN21. The molecule has 27 heavy (non-hydrogen) atoms. The minimum absolute atomic E-state index is 0.0136. The van der Waals surface area contributed by atoms with Crippen molar-refractivity contribution < 1.29 is 23.1 Å². The highest BCUT2D eigenvalue weighted by Gasteiger charge is 2.36. The summed E-state index contributed by atoms with van der Waals surface area (Å²) in [5.41, 5.74) is 2.37. The molecule has 2 aliphatic heterocycles. The van der Waals surface area contributed by atoms with Gasteiger partial charge in [0.25, 0.3) is 5.91 Å². The van der Waals surface area contributed by atoms with Crippen molar-refractivity contribution in [2.24, 2.45) is 0 Å². The second-order valence-corrected chi connectivity index (χ2v) is 6.43. The summed E-state index contributed by atoms with van der Waals surface area (Å²) in [6, 6.07) is 10.7. The first-order valence-electron chi connectivity index (χ1n) is 8.59. The number of nitrogens with zero attached hydrogens (tertiary/aromatic N) is 1. The molecule has 2 aromatic carbocycles. The molecular formula is C19H17F2N3O3. The van der Waals surface area contributed by atoms with Crippen LogP contribution in [0.15, 0.2) is 42.5 Å². The Kier molecular flexibility index (Phi) is 4.39. The maximum atomic E-state index is 12.5. The molecule has 2 heterocycles. The molecule has 0 saturated carbocycles. The highest BCUT2D eigenvalue weighted by atomic mass is 19.3. The molecule has 8 heteroatoms. The molecule has 2 aliphatic rings. The molecule has 0 aromatic heterocycles. The molecule has 0 radical (unpaired) electrons. The van der Waals surface area contributed by atoms with E-state index in [9.17, 15) is 18.4 Å². The zero-order valence-electron chi connectivity index (χ0n) is 14.2. The number of hydrogen-bond acceptors (Lipinski definition) is 4. The van der Waals surface area contributed by atoms with Gasteiger partial charge < -0.3 is 20.3 Å². The molecule has 2 amide bonds. The van der Waals surface area contributed by atoms with Gasteiger partial charge in [-0.15, -0.1) is 0 Å². The number of halogens is 2. The molecule has 6 nitrogen and oxygen atoms in total. The van der Waals surface area contributed by atoms with Crippen LogP contribution in [0.2, 0.25) is 0 Å². The molecule has 2 N–H and O–H groups in total. The van der Waals surface area contributed by atoms with Crippen LogP contribution in [0.1, 0.15) is 23.2 Å². The van der Waals surface area contributed by atoms with Gasteiger partial charge in [0.1, 0.15) is 11.8 Å². The van der Waals surface area contributed by atoms with Crippen molar-refractivity contribution in [2.75, 3.05) is 22.1 Å². The third-order valence-electron chi connectivity index (χ3n) is 4.72. The summed E-state index contributed by atoms with van der Waals surface area (Å²) in [7, 11) is 0. The Bertz CT molecular complexity index is 886. The lowest BCUT2D eigenvalue weighted by molar-refractivity contribution is -0.117. The van der Waals surface area contributed by atoms with Crippen molar-refractivity contribution in [1.29, 1.82) is 0 Å². The highest BCUT2D eigenvalue weighted by Crippen LogP contribution is 2.37. The predicted octanol–water partition coefficient (Wildman–Crippen LogP) is 3.46. The summed E-state index contributed by atoms with van der Waals surface area (Å²) in [6.07, 6.45) is 1.80. The fourth-order valence-corrected chi connectivity index (χ4v) is 3.49. The van der Waals surface area contributed by atoms with Crippen LogP contribution in [0.4, 0.5) is 25.8 Å². The van der Waals surface area contributed by atoms with Crippen LogP contribution in [-0.4, -0.2) is 31.0 Å². The normalized spacial score (nSPS) is 18.0. The minimum atomic E-state index is -2.90. The fraction of sp³-hybridized carbons (Fsp3) is 0.263. The Morgan fingerprint density at radius 2 is 2.00 bits per heavy atom. The summed E-state index contributed by atoms with van der Waals surface area (Å²) in [5.74, 6) is -0.398. The van der Waals surface area contributed by atoms with Crippen molar-refractivity contribution >= 4 is 28.9 Å². The summed E-state index contributed by atoms with van der Waals surface area (Å²) in [6.45, 7) is -2.07. The van der Waals surface area contributed by atoms with E-state index in [0.29, 0.717) is 16.9 Å². The van der Waals surface area contributed by atoms with Crippen molar-refractivity contribution in [2.45, 2.75) is 25.5 Å². The second kappa shape index (κ2) is 6.86. The quantitative estimate of drug-likeness (QED) is 0.861. The molecular weight excluding hydrogens is 356 g/mol. The first kappa shape index (κ1) is 17.3. The Morgan fingerprint density at radius 1 is 1.22 bits per heavy atom. The number of ether oxygens (including phenoxy) is 1. The van der Waals surface area contributed by atoms with E-state index in [0.717, 1.165) is 25.1 Å². The Labute approximate surface area is 154 Å². The monoisotopic (exact) mass is 373 g/mol. The van der Waals surface area contributed by atoms with Gasteiger partial charge in [-0.05, 0) is 55.3 Å². The number of carbonyl (C=O) groups excluding carboxylic acids is 2. The standard InChI is InChI=1S/C19H17F2N3O3/c20-19(21)27-13-6-4-12(5-7-13)22-17(25)11-3-8-15-14(10-11)23-18(26)16-2-1-9-24(15)16/h3-8,10,16,19H,1-2,9H2,(H,22,25)(H,23,26)/t16-/m1/s1. The van der Waals surface area contributed by atoms with E-state index >= 15 is 0 Å². The number of benzene rings is 2. The van der Waals surface area contributed by atoms with Crippen molar-refractivity contribution in [1.82, 2.24) is 0 Å². The van der Waals surface area contributed by atoms with Gasteiger partial charge in [-0.3, -0.25) is 9.59 Å². The van der Waals surface area contributed by atoms with Gasteiger partial charge in [-0.2, -0.15) is 8.78 Å². The number of amides is 2. The number of hydrogen-bond donors (Lipinski definition) is 2. The van der Waals surface area contributed by atoms with Crippen LogP contribution in [0.5, 0.6) is 5.75 Å². The van der Waals surface area contributed by atoms with E-state index in [4.69, 9.17) is 0 Å². The third kappa shape index (κ3) is 3.42. The van der Waals surface area contributed by atoms with Crippen LogP contribution < -0.4 is 20.3 Å². The maximum Gasteiger partial charge on any atom is 0.387 e. The van der Waals surface area contributed by atoms with E-state index in [1.54, 1.807) is 12.1 Å². The van der Waals surface area contributed by atoms with Crippen LogP contribution in [0.25, 0.3) is 0 Å². The lowest BCUT2D eigenvalue weighted by Gasteiger charge is -2.33. The molecule has 1 atom stereocenters. The van der Waals surface area contributed by atoms with Crippen LogP contribution >= 0.6 is 0 Å². The van der Waals surface area contributed by atoms with Gasteiger partial charge in [-0.25, -0.2) is 0 Å². The minimum Gasteiger partial charge on any atom is -0.435 e. The van der Waals surface area contributed by atoms with Gasteiger partial charge in [0.2, 0.25) is 5.91 Å². The van der Waals surface area contributed by atoms with Crippen molar-refractivity contribution in [3.05, 3.63) is 48.0 Å². The molecule has 1 fully saturated rings. The smallest absolute Gasteiger partial charge is 0.387 e. The largest absolute Gasteiger partial charge is 0.435 e. The summed E-state index contributed by atoms with van der Waals surface area (Å²) in [5, 5.41) is 5.56. The van der Waals surface area contributed by atoms with Gasteiger partial charge in [0.15, 0.2) is 0 Å². The molecule has 0 unspecified atom stereocenters. The van der Waals surface area contributed by atoms with E-state index < -0.39 is 6.61 Å². The maximum absolute atomic E-state index is 12.5. The number of anilines is 3. The lowest BCUT2D eigenvalue weighted by atomic mass is 10.1. The van der Waals surface area contributed by atoms with E-state index in [2.05, 4.69) is 20.3 Å². The average Bonchev–Trinajstić information content (AvgIpc) is 3.13. The third-order valence-corrected chi connectivity index (χ3v) is 4.72. The average molecular weight is 373 g/mol. The first-order valence-corrected chi connectivity index (χ1v) is 8.59. The molecule has 4 rings (SSSR count). The lowest BCUT2D eigenvalue weighted by Crippen LogP contribution is -2.43. The Balaban J connectivity index is 1.50. The molecule has 0 aliphatic carbocycles. The molecule has 0 bridgehead atoms. The molecule has 1 saturated heterocycles. The van der Waals surface area contributed by atoms with Crippen LogP contribution in [-0.2, 0) is 4.79 Å². The number of rotatable bonds is 4. The molecule has 0 spiro atoms. The molecule has 140 valence electrons. The fourth-order valence-electron chi connectivity index (χ4n) is 3.49. The topological polar surface area (TPSA) is 70.7 Å². The second-order valence-electron chi connectivity index (χ2n) is 6.43. The number of fused-ring (bicyclic) bond motifs is 3. The number of carbonyl (C=O) groups is 2. The number of alkyl halides is 2. The molecule has 2 aromatic rings. The van der Waals surface area contributed by atoms with Crippen LogP contribution in [0.3, 0.4) is 0 Å². The van der Waals surface area contributed by atoms with E-state index in [1.165, 1.54) is 24.3 Å².